The van der Waals surface area contributed by atoms with Gasteiger partial charge in [-0.3, -0.25) is 14.7 Å². The molecule has 9 nitrogen and oxygen atoms in total. The number of H-pyrrole nitrogens is 1. The Morgan fingerprint density at radius 2 is 1.89 bits per heavy atom. The van der Waals surface area contributed by atoms with Gasteiger partial charge in [0.05, 0.1) is 30.2 Å². The number of para-hydroxylation sites is 1. The van der Waals surface area contributed by atoms with Crippen LogP contribution < -0.4 is 21.1 Å². The number of hydrogen-bond donors (Lipinski definition) is 4. The molecule has 5 N–H and O–H groups in total. The summed E-state index contributed by atoms with van der Waals surface area (Å²) in [7, 11) is 1.56. The molecule has 0 unspecified atom stereocenters. The summed E-state index contributed by atoms with van der Waals surface area (Å²) in [5.41, 5.74) is 9.37. The van der Waals surface area contributed by atoms with E-state index in [4.69, 9.17) is 10.5 Å². The van der Waals surface area contributed by atoms with Crippen LogP contribution in [0.2, 0.25) is 0 Å². The van der Waals surface area contributed by atoms with E-state index in [1.54, 1.807) is 51.3 Å². The van der Waals surface area contributed by atoms with Gasteiger partial charge in [0.25, 0.3) is 5.91 Å². The molecule has 3 saturated carbocycles. The van der Waals surface area contributed by atoms with E-state index in [9.17, 15) is 9.59 Å². The number of primary amides is 1. The molecule has 36 heavy (non-hydrogen) atoms. The Hall–Kier alpha value is -3.88. The Labute approximate surface area is 210 Å². The number of carbonyl (C=O) groups excluding carboxylic acids is 2. The van der Waals surface area contributed by atoms with Crippen LogP contribution in [0.4, 0.5) is 17.2 Å². The highest BCUT2D eigenvalue weighted by Crippen LogP contribution is 2.57. The van der Waals surface area contributed by atoms with Gasteiger partial charge in [-0.25, -0.2) is 4.98 Å². The van der Waals surface area contributed by atoms with Gasteiger partial charge in [-0.2, -0.15) is 5.10 Å². The summed E-state index contributed by atoms with van der Waals surface area (Å²) < 4.78 is 5.60. The van der Waals surface area contributed by atoms with E-state index in [0.717, 1.165) is 29.4 Å². The first kappa shape index (κ1) is 23.8. The van der Waals surface area contributed by atoms with Crippen molar-refractivity contribution in [2.24, 2.45) is 17.1 Å². The first-order valence-corrected chi connectivity index (χ1v) is 12.5. The Kier molecular flexibility index (Phi) is 6.63. The van der Waals surface area contributed by atoms with Crippen LogP contribution in [0.5, 0.6) is 5.75 Å². The number of aromatic amines is 1. The van der Waals surface area contributed by atoms with Gasteiger partial charge in [-0.05, 0) is 50.0 Å². The summed E-state index contributed by atoms with van der Waals surface area (Å²) in [6.45, 7) is 0. The van der Waals surface area contributed by atoms with Crippen LogP contribution in [0.1, 0.15) is 61.7 Å². The number of nitrogens with two attached hydrogens (primary N) is 1. The fourth-order valence-corrected chi connectivity index (χ4v) is 4.83. The molecule has 2 heterocycles. The van der Waals surface area contributed by atoms with Crippen molar-refractivity contribution in [3.05, 3.63) is 48.4 Å². The van der Waals surface area contributed by atoms with Crippen LogP contribution in [0, 0.1) is 11.3 Å². The summed E-state index contributed by atoms with van der Waals surface area (Å²) in [4.78, 5) is 28.1. The molecule has 1 aromatic carbocycles. The molecule has 0 radical (unpaired) electrons. The second-order valence-electron chi connectivity index (χ2n) is 9.95. The van der Waals surface area contributed by atoms with E-state index in [0.29, 0.717) is 22.9 Å². The van der Waals surface area contributed by atoms with Crippen molar-refractivity contribution in [1.29, 1.82) is 0 Å². The molecule has 3 aliphatic rings. The highest BCUT2D eigenvalue weighted by Gasteiger charge is 2.43. The topological polar surface area (TPSA) is 135 Å². The molecule has 9 heteroatoms. The number of aromatic nitrogens is 3. The maximum absolute atomic E-state index is 12.0. The van der Waals surface area contributed by atoms with Crippen molar-refractivity contribution in [2.45, 2.75) is 51.4 Å². The van der Waals surface area contributed by atoms with Gasteiger partial charge in [-0.1, -0.05) is 25.0 Å². The summed E-state index contributed by atoms with van der Waals surface area (Å²) in [6, 6.07) is 7.16. The summed E-state index contributed by atoms with van der Waals surface area (Å²) in [6.07, 6.45) is 15.9. The van der Waals surface area contributed by atoms with Crippen LogP contribution in [-0.2, 0) is 4.79 Å². The normalized spacial score (nSPS) is 17.1. The molecular formula is C27H32N6O3. The third-order valence-corrected chi connectivity index (χ3v) is 7.29. The molecule has 2 amide bonds. The lowest BCUT2D eigenvalue weighted by atomic mass is 10.1. The molecule has 3 aromatic rings. The van der Waals surface area contributed by atoms with Crippen LogP contribution in [0.3, 0.4) is 0 Å². The highest BCUT2D eigenvalue weighted by molar-refractivity contribution is 6.01. The molecule has 2 aromatic heterocycles. The Bertz CT molecular complexity index is 1240. The van der Waals surface area contributed by atoms with Crippen LogP contribution in [0.25, 0.3) is 11.1 Å². The molecule has 3 fully saturated rings. The number of nitrogens with zero attached hydrogens (tertiary/aromatic N) is 2. The maximum atomic E-state index is 12.0. The number of methoxy groups -OCH3 is 1. The van der Waals surface area contributed by atoms with Gasteiger partial charge in [0.15, 0.2) is 0 Å². The smallest absolute Gasteiger partial charge is 0.252 e. The minimum absolute atomic E-state index is 0.0377. The van der Waals surface area contributed by atoms with Gasteiger partial charge in [-0.15, -0.1) is 0 Å². The minimum atomic E-state index is -0.634. The predicted molar refractivity (Wildman–Crippen MR) is 138 cm³/mol. The predicted octanol–water partition coefficient (Wildman–Crippen LogP) is 5.01. The lowest BCUT2D eigenvalue weighted by Crippen LogP contribution is -2.17. The lowest BCUT2D eigenvalue weighted by molar-refractivity contribution is -0.117. The van der Waals surface area contributed by atoms with E-state index >= 15 is 0 Å². The van der Waals surface area contributed by atoms with Gasteiger partial charge >= 0.3 is 0 Å². The van der Waals surface area contributed by atoms with Crippen molar-refractivity contribution in [2.75, 3.05) is 17.7 Å². The van der Waals surface area contributed by atoms with Gasteiger partial charge < -0.3 is 21.1 Å². The monoisotopic (exact) mass is 488 g/mol. The van der Waals surface area contributed by atoms with E-state index in [1.165, 1.54) is 19.0 Å². The number of nitrogens with one attached hydrogen (secondary N) is 3. The van der Waals surface area contributed by atoms with Crippen molar-refractivity contribution in [3.8, 4) is 16.9 Å². The molecule has 3 aliphatic carbocycles. The Morgan fingerprint density at radius 1 is 1.11 bits per heavy atom. The Balaban J connectivity index is 0.000000323. The van der Waals surface area contributed by atoms with E-state index in [1.807, 2.05) is 18.2 Å². The number of amides is 2. The van der Waals surface area contributed by atoms with E-state index in [2.05, 4.69) is 25.8 Å². The SMILES string of the molecule is C1CCC2(C1)CC2.COc1c(Nc2cc(NC(=O)C3CC3)ncc2C(N)=O)cccc1-c1cn[nH]c1. The van der Waals surface area contributed by atoms with E-state index < -0.39 is 5.91 Å². The second-order valence-corrected chi connectivity index (χ2v) is 9.95. The summed E-state index contributed by atoms with van der Waals surface area (Å²) in [5, 5.41) is 12.7. The van der Waals surface area contributed by atoms with Crippen LogP contribution in [0.15, 0.2) is 42.9 Å². The number of benzene rings is 1. The van der Waals surface area contributed by atoms with E-state index in [-0.39, 0.29) is 17.4 Å². The summed E-state index contributed by atoms with van der Waals surface area (Å²) in [5.74, 6) is 0.250. The molecule has 188 valence electrons. The van der Waals surface area contributed by atoms with Crippen LogP contribution in [-0.4, -0.2) is 34.1 Å². The van der Waals surface area contributed by atoms with Crippen LogP contribution >= 0.6 is 0 Å². The zero-order valence-corrected chi connectivity index (χ0v) is 20.5. The van der Waals surface area contributed by atoms with Crippen molar-refractivity contribution in [1.82, 2.24) is 15.2 Å². The molecule has 0 bridgehead atoms. The third kappa shape index (κ3) is 5.35. The average molecular weight is 489 g/mol. The average Bonchev–Trinajstić information content (AvgIpc) is 3.74. The third-order valence-electron chi connectivity index (χ3n) is 7.29. The largest absolute Gasteiger partial charge is 0.494 e. The van der Waals surface area contributed by atoms with Gasteiger partial charge in [0.2, 0.25) is 5.91 Å². The summed E-state index contributed by atoms with van der Waals surface area (Å²) >= 11 is 0. The Morgan fingerprint density at radius 3 is 2.47 bits per heavy atom. The minimum Gasteiger partial charge on any atom is -0.494 e. The van der Waals surface area contributed by atoms with Crippen molar-refractivity contribution < 1.29 is 14.3 Å². The number of hydrogen-bond acceptors (Lipinski definition) is 6. The van der Waals surface area contributed by atoms with Gasteiger partial charge in [0, 0.05) is 35.5 Å². The molecule has 1 spiro atoms. The zero-order chi connectivity index (χ0) is 25.1. The standard InChI is InChI=1S/C20H20N6O3.C7H12/c1-29-18-13(12-8-23-24-9-12)3-2-4-15(18)25-16-7-17(22-10-14(16)19(21)27)26-20(28)11-5-6-11;1-2-4-7(3-1)5-6-7/h2-4,7-11H,5-6H2,1H3,(H2,21,27)(H,23,24)(H2,22,25,26,28);1-6H2. The number of anilines is 3. The van der Waals surface area contributed by atoms with Crippen molar-refractivity contribution >= 4 is 29.0 Å². The zero-order valence-electron chi connectivity index (χ0n) is 20.5. The molecule has 0 saturated heterocycles. The lowest BCUT2D eigenvalue weighted by Gasteiger charge is -2.16. The first-order valence-electron chi connectivity index (χ1n) is 12.5. The number of pyridine rings is 1. The molecule has 6 rings (SSSR count). The fraction of sp³-hybridized carbons (Fsp3) is 0.407. The fourth-order valence-electron chi connectivity index (χ4n) is 4.83. The van der Waals surface area contributed by atoms with Gasteiger partial charge in [0.1, 0.15) is 11.6 Å². The molecule has 0 atom stereocenters. The number of carbonyl (C=O) groups is 2. The molecule has 0 aliphatic heterocycles. The number of rotatable bonds is 7. The quantitative estimate of drug-likeness (QED) is 0.369. The number of ether oxygens (including phenoxy) is 1. The maximum Gasteiger partial charge on any atom is 0.252 e. The highest BCUT2D eigenvalue weighted by atomic mass is 16.5. The molecular weight excluding hydrogens is 456 g/mol. The van der Waals surface area contributed by atoms with Crippen molar-refractivity contribution in [3.63, 3.8) is 0 Å². The first-order chi connectivity index (χ1) is 17.5. The second kappa shape index (κ2) is 10.0.